The number of aliphatic hydroxyl groups excluding tert-OH is 3. The van der Waals surface area contributed by atoms with E-state index >= 15 is 0 Å². The fourth-order valence-corrected chi connectivity index (χ4v) is 6.55. The van der Waals surface area contributed by atoms with Crippen molar-refractivity contribution in [3.05, 3.63) is 52.5 Å². The van der Waals surface area contributed by atoms with Crippen molar-refractivity contribution in [2.45, 2.75) is 69.5 Å². The molecular weight excluding hydrogens is 542 g/mol. The number of benzene rings is 1. The van der Waals surface area contributed by atoms with E-state index in [0.717, 1.165) is 32.1 Å². The zero-order valence-electron chi connectivity index (χ0n) is 24.2. The van der Waals surface area contributed by atoms with Gasteiger partial charge in [-0.1, -0.05) is 25.3 Å². The highest BCUT2D eigenvalue weighted by Gasteiger charge is 2.59. The van der Waals surface area contributed by atoms with E-state index in [0.29, 0.717) is 17.7 Å². The summed E-state index contributed by atoms with van der Waals surface area (Å²) < 4.78 is 0. The van der Waals surface area contributed by atoms with Crippen molar-refractivity contribution in [3.8, 4) is 5.75 Å². The number of amides is 1. The molecule has 3 aliphatic rings. The molecule has 0 bridgehead atoms. The SMILES string of the molecule is C=CCCCCCCC(O)CNc1cc(N(C)C)c2c(c1O)C(=O)C1=C(O)[C@]3(O)C(=O)C(C(N)=O)=C(O)C[C@@H]3C[C@@H]1C2. The Morgan fingerprint density at radius 1 is 1.19 bits per heavy atom. The number of nitrogens with one attached hydrogen (secondary N) is 1. The summed E-state index contributed by atoms with van der Waals surface area (Å²) in [7, 11) is 3.58. The monoisotopic (exact) mass is 583 g/mol. The average molecular weight is 584 g/mol. The van der Waals surface area contributed by atoms with Crippen molar-refractivity contribution >= 4 is 28.8 Å². The third-order valence-corrected chi connectivity index (χ3v) is 8.74. The lowest BCUT2D eigenvalue weighted by molar-refractivity contribution is -0.144. The summed E-state index contributed by atoms with van der Waals surface area (Å²) in [6.07, 6.45) is 6.70. The number of aromatic hydroxyl groups is 1. The minimum atomic E-state index is -2.61. The molecule has 0 heterocycles. The summed E-state index contributed by atoms with van der Waals surface area (Å²) in [6, 6.07) is 1.70. The third kappa shape index (κ3) is 5.38. The summed E-state index contributed by atoms with van der Waals surface area (Å²) in [4.78, 5) is 40.8. The molecule has 4 rings (SSSR count). The molecular formula is C31H41N3O8. The Morgan fingerprint density at radius 3 is 2.52 bits per heavy atom. The van der Waals surface area contributed by atoms with Crippen molar-refractivity contribution in [1.29, 1.82) is 0 Å². The van der Waals surface area contributed by atoms with Gasteiger partial charge in [-0.05, 0) is 49.7 Å². The van der Waals surface area contributed by atoms with Gasteiger partial charge in [0, 0.05) is 44.2 Å². The Labute approximate surface area is 245 Å². The Balaban J connectivity index is 1.65. The number of hydrogen-bond donors (Lipinski definition) is 7. The number of phenols is 1. The summed E-state index contributed by atoms with van der Waals surface area (Å²) in [6.45, 7) is 3.85. The van der Waals surface area contributed by atoms with Gasteiger partial charge in [0.1, 0.15) is 22.8 Å². The summed E-state index contributed by atoms with van der Waals surface area (Å²) in [5.74, 6) is -6.66. The molecule has 8 N–H and O–H groups in total. The number of rotatable bonds is 12. The molecule has 0 fully saturated rings. The van der Waals surface area contributed by atoms with E-state index in [2.05, 4.69) is 11.9 Å². The lowest BCUT2D eigenvalue weighted by Gasteiger charge is -2.46. The van der Waals surface area contributed by atoms with Crippen LogP contribution in [0.25, 0.3) is 0 Å². The van der Waals surface area contributed by atoms with Gasteiger partial charge in [0.25, 0.3) is 5.91 Å². The number of allylic oxidation sites excluding steroid dienone is 3. The minimum Gasteiger partial charge on any atom is -0.511 e. The lowest BCUT2D eigenvalue weighted by Crippen LogP contribution is -2.57. The number of carbonyl (C=O) groups is 3. The Kier molecular flexibility index (Phi) is 9.03. The van der Waals surface area contributed by atoms with Gasteiger partial charge in [-0.3, -0.25) is 14.4 Å². The van der Waals surface area contributed by atoms with Gasteiger partial charge in [-0.25, -0.2) is 0 Å². The second-order valence-corrected chi connectivity index (χ2v) is 11.8. The Morgan fingerprint density at radius 2 is 1.88 bits per heavy atom. The Bertz CT molecular complexity index is 1360. The summed E-state index contributed by atoms with van der Waals surface area (Å²) in [5.41, 5.74) is 2.97. The summed E-state index contributed by atoms with van der Waals surface area (Å²) >= 11 is 0. The molecule has 0 aromatic heterocycles. The number of nitrogens with two attached hydrogens (primary N) is 1. The van der Waals surface area contributed by atoms with Gasteiger partial charge >= 0.3 is 0 Å². The van der Waals surface area contributed by atoms with E-state index in [9.17, 15) is 39.9 Å². The van der Waals surface area contributed by atoms with Crippen molar-refractivity contribution in [2.24, 2.45) is 17.6 Å². The first-order valence-corrected chi connectivity index (χ1v) is 14.4. The second-order valence-electron chi connectivity index (χ2n) is 11.8. The van der Waals surface area contributed by atoms with Crippen LogP contribution >= 0.6 is 0 Å². The van der Waals surface area contributed by atoms with Crippen LogP contribution in [0.1, 0.15) is 67.3 Å². The smallest absolute Gasteiger partial charge is 0.255 e. The normalized spacial score (nSPS) is 24.1. The molecule has 1 amide bonds. The van der Waals surface area contributed by atoms with Crippen LogP contribution in [0.15, 0.2) is 41.4 Å². The van der Waals surface area contributed by atoms with E-state index in [1.54, 1.807) is 25.1 Å². The molecule has 4 atom stereocenters. The molecule has 11 heteroatoms. The van der Waals surface area contributed by atoms with Crippen LogP contribution in [0.5, 0.6) is 5.75 Å². The first-order valence-electron chi connectivity index (χ1n) is 14.4. The topological polar surface area (TPSA) is 194 Å². The maximum Gasteiger partial charge on any atom is 0.255 e. The Hall–Kier alpha value is -3.83. The maximum absolute atomic E-state index is 13.9. The number of fused-ring (bicyclic) bond motifs is 3. The molecule has 228 valence electrons. The predicted molar refractivity (Wildman–Crippen MR) is 158 cm³/mol. The molecule has 3 aliphatic carbocycles. The van der Waals surface area contributed by atoms with Crippen LogP contribution < -0.4 is 16.0 Å². The van der Waals surface area contributed by atoms with Crippen molar-refractivity contribution < 1.29 is 39.9 Å². The number of phenolic OH excluding ortho intramolecular Hbond substituents is 1. The highest BCUT2D eigenvalue weighted by atomic mass is 16.3. The molecule has 0 saturated heterocycles. The van der Waals surface area contributed by atoms with Gasteiger partial charge in [0.05, 0.1) is 17.4 Å². The highest BCUT2D eigenvalue weighted by molar-refractivity contribution is 6.24. The quantitative estimate of drug-likeness (QED) is 0.0832. The molecule has 0 spiro atoms. The number of aliphatic hydroxyl groups is 4. The minimum absolute atomic E-state index is 0.0658. The number of unbranched alkanes of at least 4 members (excludes halogenated alkanes) is 4. The second kappa shape index (κ2) is 12.2. The fraction of sp³-hybridized carbons (Fsp3) is 0.516. The number of ketones is 2. The van der Waals surface area contributed by atoms with Crippen molar-refractivity contribution in [3.63, 3.8) is 0 Å². The van der Waals surface area contributed by atoms with Crippen LogP contribution in [-0.2, 0) is 16.0 Å². The van der Waals surface area contributed by atoms with E-state index in [1.807, 2.05) is 6.08 Å². The number of nitrogens with zero attached hydrogens (tertiary/aromatic N) is 1. The van der Waals surface area contributed by atoms with Crippen LogP contribution in [0, 0.1) is 11.8 Å². The van der Waals surface area contributed by atoms with Crippen LogP contribution in [0.2, 0.25) is 0 Å². The van der Waals surface area contributed by atoms with E-state index in [-0.39, 0.29) is 48.4 Å². The maximum atomic E-state index is 13.9. The fourth-order valence-electron chi connectivity index (χ4n) is 6.55. The van der Waals surface area contributed by atoms with Gasteiger partial charge in [0.2, 0.25) is 5.78 Å². The first kappa shape index (κ1) is 31.1. The summed E-state index contributed by atoms with van der Waals surface area (Å²) in [5, 5.41) is 57.9. The van der Waals surface area contributed by atoms with E-state index in [4.69, 9.17) is 5.73 Å². The van der Waals surface area contributed by atoms with Crippen LogP contribution in [-0.4, -0.2) is 75.4 Å². The van der Waals surface area contributed by atoms with Gasteiger partial charge in [-0.15, -0.1) is 6.58 Å². The van der Waals surface area contributed by atoms with Gasteiger partial charge in [0.15, 0.2) is 11.4 Å². The molecule has 11 nitrogen and oxygen atoms in total. The first-order chi connectivity index (χ1) is 19.8. The van der Waals surface area contributed by atoms with Crippen LogP contribution in [0.4, 0.5) is 11.4 Å². The number of Topliss-reactive ketones (excluding diaryl/α,β-unsaturated/α-hetero) is 2. The molecule has 1 aromatic carbocycles. The highest BCUT2D eigenvalue weighted by Crippen LogP contribution is 2.53. The zero-order chi connectivity index (χ0) is 30.9. The van der Waals surface area contributed by atoms with Crippen LogP contribution in [0.3, 0.4) is 0 Å². The van der Waals surface area contributed by atoms with Gasteiger partial charge in [-0.2, -0.15) is 0 Å². The zero-order valence-corrected chi connectivity index (χ0v) is 24.2. The molecule has 1 aromatic rings. The molecule has 1 unspecified atom stereocenters. The number of hydrogen-bond acceptors (Lipinski definition) is 10. The third-order valence-electron chi connectivity index (χ3n) is 8.74. The largest absolute Gasteiger partial charge is 0.511 e. The number of carbonyl (C=O) groups excluding carboxylic acids is 3. The number of anilines is 2. The van der Waals surface area contributed by atoms with Gasteiger partial charge < -0.3 is 41.5 Å². The predicted octanol–water partition coefficient (Wildman–Crippen LogP) is 2.95. The molecule has 0 aliphatic heterocycles. The molecule has 0 radical (unpaired) electrons. The lowest BCUT2D eigenvalue weighted by atomic mass is 9.60. The van der Waals surface area contributed by atoms with Crippen molar-refractivity contribution in [2.75, 3.05) is 30.9 Å². The number of primary amides is 1. The van der Waals surface area contributed by atoms with E-state index < -0.39 is 58.1 Å². The van der Waals surface area contributed by atoms with Crippen molar-refractivity contribution in [1.82, 2.24) is 0 Å². The standard InChI is InChI=1S/C31H41N3O8/c1-4-5-6-7-8-9-10-18(35)15-33-20-14-21(34(2)3)19-12-16-11-17-13-22(36)25(30(32)41)29(40)31(17,42)28(39)23(16)27(38)24(19)26(20)37/h4,14,16-18,33,35-37,39,42H,1,5-13,15H2,2-3H3,(H2,32,41)/t16-,17+,18?,31+/m1/s1. The molecule has 0 saturated carbocycles. The molecule has 42 heavy (non-hydrogen) atoms. The van der Waals surface area contributed by atoms with E-state index in [1.165, 1.54) is 0 Å². The average Bonchev–Trinajstić information content (AvgIpc) is 2.91.